The van der Waals surface area contributed by atoms with Crippen LogP contribution in [0.5, 0.6) is 0 Å². The Morgan fingerprint density at radius 1 is 1.02 bits per heavy atom. The number of carbonyl (C=O) groups is 2. The fraction of sp³-hybridized carbons (Fsp3) is 0.500. The summed E-state index contributed by atoms with van der Waals surface area (Å²) in [5.74, 6) is -1.59. The Bertz CT molecular complexity index is 1730. The van der Waals surface area contributed by atoms with Crippen molar-refractivity contribution in [2.75, 3.05) is 28.6 Å². The van der Waals surface area contributed by atoms with Crippen molar-refractivity contribution in [2.24, 2.45) is 5.92 Å². The topological polar surface area (TPSA) is 118 Å². The van der Waals surface area contributed by atoms with E-state index in [1.807, 2.05) is 41.5 Å². The molecule has 5 rings (SSSR count). The van der Waals surface area contributed by atoms with E-state index in [4.69, 9.17) is 14.5 Å². The van der Waals surface area contributed by atoms with Gasteiger partial charge in [0.05, 0.1) is 23.1 Å². The third-order valence-corrected chi connectivity index (χ3v) is 9.11. The molecule has 0 spiro atoms. The molecule has 1 saturated heterocycles. The maximum atomic E-state index is 14.9. The minimum atomic E-state index is -0.801. The third-order valence-electron chi connectivity index (χ3n) is 8.12. The fourth-order valence-electron chi connectivity index (χ4n) is 6.36. The van der Waals surface area contributed by atoms with E-state index < -0.39 is 34.8 Å². The number of carbonyl (C=O) groups excluding carboxylic acids is 2. The largest absolute Gasteiger partial charge is 0.474 e. The Kier molecular flexibility index (Phi) is 10.2. The van der Waals surface area contributed by atoms with Gasteiger partial charge in [-0.3, -0.25) is 9.78 Å². The Hall–Kier alpha value is -4.26. The molecule has 49 heavy (non-hydrogen) atoms. The standard InChI is InChI=1S/C36H46F2N6O4S/c1-19-15-22(41-34(46)48-36(7,8)9)18-44(17-19)30-23-14-13-20(2)28(23)39-16-26(30)42-31(45)29-33(40-21(3)47-35(4,5)6)49-32(43-29)27-24(37)11-10-12-25(27)38/h10-12,16,19-20,22,40H,3,13-15,17-18H2,1-2,4-9H3,(H,41,46)(H,42,45)/t19-,20?,22?/m1/s1. The summed E-state index contributed by atoms with van der Waals surface area (Å²) in [6.45, 7) is 20.4. The van der Waals surface area contributed by atoms with E-state index in [2.05, 4.69) is 46.3 Å². The molecule has 2 amide bonds. The van der Waals surface area contributed by atoms with Crippen molar-refractivity contribution >= 4 is 39.7 Å². The molecule has 1 fully saturated rings. The zero-order valence-electron chi connectivity index (χ0n) is 29.4. The number of benzene rings is 1. The maximum Gasteiger partial charge on any atom is 0.407 e. The average molecular weight is 697 g/mol. The highest BCUT2D eigenvalue weighted by Crippen LogP contribution is 2.43. The fourth-order valence-corrected chi connectivity index (χ4v) is 7.39. The lowest BCUT2D eigenvalue weighted by Gasteiger charge is -2.40. The predicted octanol–water partition coefficient (Wildman–Crippen LogP) is 8.22. The van der Waals surface area contributed by atoms with Gasteiger partial charge in [0.25, 0.3) is 5.91 Å². The van der Waals surface area contributed by atoms with Gasteiger partial charge in [-0.1, -0.05) is 31.3 Å². The van der Waals surface area contributed by atoms with E-state index in [0.717, 1.165) is 59.7 Å². The molecule has 2 aliphatic rings. The van der Waals surface area contributed by atoms with Gasteiger partial charge in [-0.25, -0.2) is 18.6 Å². The number of alkyl carbamates (subject to hydrolysis) is 1. The molecule has 2 aromatic heterocycles. The summed E-state index contributed by atoms with van der Waals surface area (Å²) in [7, 11) is 0. The van der Waals surface area contributed by atoms with E-state index in [1.54, 1.807) is 6.20 Å². The van der Waals surface area contributed by atoms with Crippen molar-refractivity contribution in [1.29, 1.82) is 0 Å². The van der Waals surface area contributed by atoms with Gasteiger partial charge in [-0.15, -0.1) is 0 Å². The first-order valence-corrected chi connectivity index (χ1v) is 17.4. The highest BCUT2D eigenvalue weighted by molar-refractivity contribution is 7.19. The van der Waals surface area contributed by atoms with Crippen molar-refractivity contribution in [1.82, 2.24) is 15.3 Å². The molecule has 3 aromatic rings. The zero-order chi connectivity index (χ0) is 35.8. The summed E-state index contributed by atoms with van der Waals surface area (Å²) in [6.07, 6.45) is 3.65. The Labute approximate surface area is 290 Å². The molecule has 3 heterocycles. The Morgan fingerprint density at radius 3 is 2.35 bits per heavy atom. The van der Waals surface area contributed by atoms with Crippen molar-refractivity contribution in [2.45, 2.75) is 97.8 Å². The summed E-state index contributed by atoms with van der Waals surface area (Å²) in [5, 5.41) is 9.23. The van der Waals surface area contributed by atoms with Crippen LogP contribution in [0.4, 0.5) is 30.0 Å². The second-order valence-electron chi connectivity index (χ2n) is 14.9. The van der Waals surface area contributed by atoms with E-state index in [0.29, 0.717) is 18.8 Å². The molecule has 0 saturated carbocycles. The first-order valence-electron chi connectivity index (χ1n) is 16.6. The van der Waals surface area contributed by atoms with Crippen LogP contribution in [-0.2, 0) is 15.9 Å². The van der Waals surface area contributed by atoms with Crippen molar-refractivity contribution in [3.63, 3.8) is 0 Å². The molecule has 0 radical (unpaired) electrons. The van der Waals surface area contributed by atoms with E-state index in [9.17, 15) is 18.4 Å². The molecule has 2 unspecified atom stereocenters. The number of hydrogen-bond donors (Lipinski definition) is 3. The first-order chi connectivity index (χ1) is 22.9. The number of halogens is 2. The average Bonchev–Trinajstić information content (AvgIpc) is 3.53. The monoisotopic (exact) mass is 696 g/mol. The number of rotatable bonds is 8. The maximum absolute atomic E-state index is 14.9. The molecule has 1 aliphatic carbocycles. The number of hydrogen-bond acceptors (Lipinski definition) is 9. The molecule has 1 aromatic carbocycles. The highest BCUT2D eigenvalue weighted by atomic mass is 32.1. The highest BCUT2D eigenvalue weighted by Gasteiger charge is 2.34. The number of piperidine rings is 1. The molecular formula is C36H46F2N6O4S. The van der Waals surface area contributed by atoms with Crippen molar-refractivity contribution in [3.05, 3.63) is 65.4 Å². The van der Waals surface area contributed by atoms with Gasteiger partial charge in [-0.2, -0.15) is 0 Å². The van der Waals surface area contributed by atoms with Crippen LogP contribution in [0.1, 0.15) is 95.9 Å². The lowest BCUT2D eigenvalue weighted by atomic mass is 9.94. The quantitative estimate of drug-likeness (QED) is 0.202. The third kappa shape index (κ3) is 8.67. The summed E-state index contributed by atoms with van der Waals surface area (Å²) in [5.41, 5.74) is 1.70. The summed E-state index contributed by atoms with van der Waals surface area (Å²) in [4.78, 5) is 38.2. The predicted molar refractivity (Wildman–Crippen MR) is 189 cm³/mol. The van der Waals surface area contributed by atoms with Gasteiger partial charge >= 0.3 is 6.09 Å². The molecule has 13 heteroatoms. The normalized spacial score (nSPS) is 19.2. The first kappa shape index (κ1) is 36.0. The zero-order valence-corrected chi connectivity index (χ0v) is 30.2. The Morgan fingerprint density at radius 2 is 1.69 bits per heavy atom. The smallest absolute Gasteiger partial charge is 0.407 e. The van der Waals surface area contributed by atoms with Crippen LogP contribution in [-0.4, -0.2) is 52.3 Å². The summed E-state index contributed by atoms with van der Waals surface area (Å²) >= 11 is 0.915. The number of fused-ring (bicyclic) bond motifs is 1. The van der Waals surface area contributed by atoms with Crippen LogP contribution in [0.15, 0.2) is 36.9 Å². The second-order valence-corrected chi connectivity index (χ2v) is 15.9. The van der Waals surface area contributed by atoms with E-state index in [1.165, 1.54) is 6.07 Å². The number of aromatic nitrogens is 2. The molecule has 0 bridgehead atoms. The van der Waals surface area contributed by atoms with Gasteiger partial charge in [0.15, 0.2) is 11.6 Å². The van der Waals surface area contributed by atoms with Crippen LogP contribution in [0.3, 0.4) is 0 Å². The molecule has 3 atom stereocenters. The van der Waals surface area contributed by atoms with Crippen molar-refractivity contribution in [3.8, 4) is 10.6 Å². The molecular weight excluding hydrogens is 650 g/mol. The summed E-state index contributed by atoms with van der Waals surface area (Å²) in [6, 6.07) is 3.36. The molecule has 1 aliphatic heterocycles. The number of nitrogens with zero attached hydrogens (tertiary/aromatic N) is 3. The van der Waals surface area contributed by atoms with Gasteiger partial charge in [0, 0.05) is 24.8 Å². The number of pyridine rings is 1. The minimum absolute atomic E-state index is 0.0196. The number of thiazole rings is 1. The molecule has 3 N–H and O–H groups in total. The Balaban J connectivity index is 1.50. The second kappa shape index (κ2) is 13.9. The number of anilines is 3. The summed E-state index contributed by atoms with van der Waals surface area (Å²) < 4.78 is 41.1. The lowest BCUT2D eigenvalue weighted by molar-refractivity contribution is 0.0494. The number of amides is 2. The van der Waals surface area contributed by atoms with Gasteiger partial charge in [0.2, 0.25) is 0 Å². The van der Waals surface area contributed by atoms with Crippen LogP contribution in [0, 0.1) is 17.6 Å². The van der Waals surface area contributed by atoms with Crippen LogP contribution < -0.4 is 20.9 Å². The van der Waals surface area contributed by atoms with Crippen LogP contribution in [0.25, 0.3) is 10.6 Å². The van der Waals surface area contributed by atoms with Gasteiger partial charge in [-0.05, 0) is 96.9 Å². The van der Waals surface area contributed by atoms with Crippen molar-refractivity contribution < 1.29 is 27.8 Å². The van der Waals surface area contributed by atoms with E-state index >= 15 is 0 Å². The van der Waals surface area contributed by atoms with Gasteiger partial charge in [0.1, 0.15) is 32.8 Å². The minimum Gasteiger partial charge on any atom is -0.474 e. The number of nitrogens with one attached hydrogen (secondary N) is 3. The lowest BCUT2D eigenvalue weighted by Crippen LogP contribution is -2.51. The number of ether oxygens (including phenoxy) is 2. The van der Waals surface area contributed by atoms with Crippen LogP contribution in [0.2, 0.25) is 0 Å². The van der Waals surface area contributed by atoms with Crippen LogP contribution >= 0.6 is 11.3 Å². The van der Waals surface area contributed by atoms with Gasteiger partial charge < -0.3 is 30.3 Å². The molecule has 10 nitrogen and oxygen atoms in total. The SMILES string of the molecule is C=C(Nc1sc(-c2c(F)cccc2F)nc1C(=O)Nc1cnc2c(c1N1CC(NC(=O)OC(C)(C)C)C[C@@H](C)C1)CCC2C)OC(C)(C)C. The molecule has 264 valence electrons. The van der Waals surface area contributed by atoms with E-state index in [-0.39, 0.29) is 45.0 Å².